The summed E-state index contributed by atoms with van der Waals surface area (Å²) in [7, 11) is 1.47. The zero-order valence-corrected chi connectivity index (χ0v) is 16.6. The van der Waals surface area contributed by atoms with Gasteiger partial charge in [0.1, 0.15) is 0 Å². The maximum atomic E-state index is 13.1. The number of ketones is 2. The molecule has 1 aliphatic carbocycles. The van der Waals surface area contributed by atoms with Crippen molar-refractivity contribution in [1.82, 2.24) is 0 Å². The van der Waals surface area contributed by atoms with Crippen LogP contribution in [-0.2, 0) is 9.59 Å². The number of carbonyl (C=O) groups is 2. The summed E-state index contributed by atoms with van der Waals surface area (Å²) >= 11 is 0. The molecule has 3 rings (SSSR count). The van der Waals surface area contributed by atoms with Gasteiger partial charge in [0.15, 0.2) is 23.1 Å². The molecular weight excluding hydrogens is 364 g/mol. The number of rotatable bonds is 7. The first-order chi connectivity index (χ1) is 14.0. The van der Waals surface area contributed by atoms with Crippen LogP contribution in [0.4, 0.5) is 0 Å². The van der Waals surface area contributed by atoms with Crippen molar-refractivity contribution in [3.8, 4) is 11.5 Å². The van der Waals surface area contributed by atoms with Gasteiger partial charge in [-0.25, -0.2) is 0 Å². The zero-order valence-electron chi connectivity index (χ0n) is 16.6. The molecule has 0 heterocycles. The fourth-order valence-electron chi connectivity index (χ4n) is 3.79. The van der Waals surface area contributed by atoms with Crippen LogP contribution >= 0.6 is 0 Å². The summed E-state index contributed by atoms with van der Waals surface area (Å²) in [6.07, 6.45) is 10.4. The molecule has 0 saturated heterocycles. The molecule has 0 unspecified atom stereocenters. The Labute approximate surface area is 171 Å². The van der Waals surface area contributed by atoms with E-state index < -0.39 is 5.41 Å². The minimum Gasteiger partial charge on any atom is -0.504 e. The van der Waals surface area contributed by atoms with Crippen LogP contribution in [0.15, 0.2) is 60.7 Å². The lowest BCUT2D eigenvalue weighted by atomic mass is 9.68. The number of phenolic OH excluding ortho intramolecular Hbond substituents is 1. The molecule has 4 heteroatoms. The molecule has 0 atom stereocenters. The van der Waals surface area contributed by atoms with Crippen molar-refractivity contribution in [3.63, 3.8) is 0 Å². The van der Waals surface area contributed by atoms with Gasteiger partial charge in [-0.15, -0.1) is 0 Å². The number of carbonyl (C=O) groups excluding carboxylic acids is 2. The number of phenols is 1. The monoisotopic (exact) mass is 390 g/mol. The predicted octanol–water partition coefficient (Wildman–Crippen LogP) is 5.22. The van der Waals surface area contributed by atoms with E-state index in [9.17, 15) is 14.7 Å². The number of hydrogen-bond donors (Lipinski definition) is 1. The number of benzene rings is 2. The Hall–Kier alpha value is -3.14. The van der Waals surface area contributed by atoms with Gasteiger partial charge < -0.3 is 9.84 Å². The molecule has 0 radical (unpaired) electrons. The van der Waals surface area contributed by atoms with Gasteiger partial charge >= 0.3 is 0 Å². The summed E-state index contributed by atoms with van der Waals surface area (Å²) in [5.74, 6) is 0.0979. The SMILES string of the molecule is COc1cc(/C=C/C(=O)C2(C(=O)/C=C/c3ccccc3)CCCCC2)ccc1O. The fourth-order valence-corrected chi connectivity index (χ4v) is 3.79. The highest BCUT2D eigenvalue weighted by Crippen LogP contribution is 2.39. The minimum absolute atomic E-state index is 0.0426. The maximum absolute atomic E-state index is 13.1. The summed E-state index contributed by atoms with van der Waals surface area (Å²) in [6.45, 7) is 0. The molecule has 0 amide bonds. The van der Waals surface area contributed by atoms with Crippen molar-refractivity contribution in [2.45, 2.75) is 32.1 Å². The second kappa shape index (κ2) is 9.37. The first-order valence-corrected chi connectivity index (χ1v) is 9.92. The molecule has 0 bridgehead atoms. The lowest BCUT2D eigenvalue weighted by molar-refractivity contribution is -0.137. The van der Waals surface area contributed by atoms with E-state index in [4.69, 9.17) is 4.74 Å². The summed E-state index contributed by atoms with van der Waals surface area (Å²) in [5.41, 5.74) is 0.679. The van der Waals surface area contributed by atoms with Crippen molar-refractivity contribution in [3.05, 3.63) is 71.8 Å². The highest BCUT2D eigenvalue weighted by molar-refractivity contribution is 6.17. The number of methoxy groups -OCH3 is 1. The Morgan fingerprint density at radius 3 is 2.14 bits per heavy atom. The van der Waals surface area contributed by atoms with Gasteiger partial charge in [-0.1, -0.05) is 67.8 Å². The van der Waals surface area contributed by atoms with Crippen molar-refractivity contribution in [2.24, 2.45) is 5.41 Å². The van der Waals surface area contributed by atoms with E-state index in [1.165, 1.54) is 19.3 Å². The van der Waals surface area contributed by atoms with Crippen LogP contribution in [0.1, 0.15) is 43.2 Å². The Bertz CT molecular complexity index is 919. The molecule has 0 aromatic heterocycles. The normalized spacial score (nSPS) is 16.2. The van der Waals surface area contributed by atoms with Crippen molar-refractivity contribution >= 4 is 23.7 Å². The largest absolute Gasteiger partial charge is 0.504 e. The first-order valence-electron chi connectivity index (χ1n) is 9.92. The van der Waals surface area contributed by atoms with Crippen LogP contribution in [0.5, 0.6) is 11.5 Å². The third kappa shape index (κ3) is 4.83. The van der Waals surface area contributed by atoms with Gasteiger partial charge in [0, 0.05) is 0 Å². The molecule has 4 nitrogen and oxygen atoms in total. The van der Waals surface area contributed by atoms with Crippen molar-refractivity contribution in [1.29, 1.82) is 0 Å². The van der Waals surface area contributed by atoms with Gasteiger partial charge in [0.05, 0.1) is 12.5 Å². The summed E-state index contributed by atoms with van der Waals surface area (Å²) < 4.78 is 5.11. The topological polar surface area (TPSA) is 63.6 Å². The van der Waals surface area contributed by atoms with Crippen LogP contribution in [0, 0.1) is 5.41 Å². The van der Waals surface area contributed by atoms with Gasteiger partial charge in [0.25, 0.3) is 0 Å². The number of ether oxygens (including phenoxy) is 1. The Balaban J connectivity index is 1.82. The molecule has 0 aliphatic heterocycles. The molecular formula is C25H26O4. The second-order valence-corrected chi connectivity index (χ2v) is 7.38. The molecule has 1 fully saturated rings. The summed E-state index contributed by atoms with van der Waals surface area (Å²) in [6, 6.07) is 14.5. The molecule has 1 aliphatic rings. The van der Waals surface area contributed by atoms with E-state index in [0.717, 1.165) is 30.4 Å². The van der Waals surface area contributed by atoms with Crippen LogP contribution in [0.2, 0.25) is 0 Å². The van der Waals surface area contributed by atoms with Gasteiger partial charge in [-0.3, -0.25) is 9.59 Å². The lowest BCUT2D eigenvalue weighted by Crippen LogP contribution is -2.39. The molecule has 2 aromatic carbocycles. The van der Waals surface area contributed by atoms with Crippen LogP contribution in [0.3, 0.4) is 0 Å². The predicted molar refractivity (Wildman–Crippen MR) is 115 cm³/mol. The molecule has 1 saturated carbocycles. The zero-order chi connectivity index (χ0) is 20.7. The fraction of sp³-hybridized carbons (Fsp3) is 0.280. The maximum Gasteiger partial charge on any atom is 0.169 e. The molecule has 150 valence electrons. The quantitative estimate of drug-likeness (QED) is 0.520. The van der Waals surface area contributed by atoms with Crippen LogP contribution in [0.25, 0.3) is 12.2 Å². The Morgan fingerprint density at radius 1 is 0.897 bits per heavy atom. The standard InChI is InChI=1S/C25H26O4/c1-29-22-18-20(10-13-21(22)26)12-15-24(28)25(16-6-3-7-17-25)23(27)14-11-19-8-4-2-5-9-19/h2,4-5,8-15,18,26H,3,6-7,16-17H2,1H3/b14-11+,15-12+. The molecule has 0 spiro atoms. The molecule has 1 N–H and O–H groups in total. The second-order valence-electron chi connectivity index (χ2n) is 7.38. The smallest absolute Gasteiger partial charge is 0.169 e. The Morgan fingerprint density at radius 2 is 1.52 bits per heavy atom. The number of aromatic hydroxyl groups is 1. The molecule has 2 aromatic rings. The van der Waals surface area contributed by atoms with E-state index in [1.807, 2.05) is 30.3 Å². The molecule has 29 heavy (non-hydrogen) atoms. The first kappa shape index (κ1) is 20.6. The van der Waals surface area contributed by atoms with E-state index in [0.29, 0.717) is 18.6 Å². The van der Waals surface area contributed by atoms with Crippen molar-refractivity contribution in [2.75, 3.05) is 7.11 Å². The van der Waals surface area contributed by atoms with Gasteiger partial charge in [0.2, 0.25) is 0 Å². The van der Waals surface area contributed by atoms with Gasteiger partial charge in [-0.2, -0.15) is 0 Å². The third-order valence-electron chi connectivity index (χ3n) is 5.51. The van der Waals surface area contributed by atoms with E-state index in [1.54, 1.807) is 30.4 Å². The lowest BCUT2D eigenvalue weighted by Gasteiger charge is -2.32. The van der Waals surface area contributed by atoms with E-state index >= 15 is 0 Å². The summed E-state index contributed by atoms with van der Waals surface area (Å²) in [4.78, 5) is 26.2. The van der Waals surface area contributed by atoms with Crippen molar-refractivity contribution < 1.29 is 19.4 Å². The average Bonchev–Trinajstić information content (AvgIpc) is 2.77. The minimum atomic E-state index is -0.985. The third-order valence-corrected chi connectivity index (χ3v) is 5.51. The van der Waals surface area contributed by atoms with Crippen LogP contribution < -0.4 is 4.74 Å². The Kier molecular flexibility index (Phi) is 6.65. The average molecular weight is 390 g/mol. The van der Waals surface area contributed by atoms with Crippen LogP contribution in [-0.4, -0.2) is 23.8 Å². The van der Waals surface area contributed by atoms with Gasteiger partial charge in [-0.05, 0) is 48.3 Å². The van der Waals surface area contributed by atoms with E-state index in [2.05, 4.69) is 0 Å². The number of allylic oxidation sites excluding steroid dienone is 2. The highest BCUT2D eigenvalue weighted by Gasteiger charge is 2.43. The summed E-state index contributed by atoms with van der Waals surface area (Å²) in [5, 5.41) is 9.71. The van der Waals surface area contributed by atoms with E-state index in [-0.39, 0.29) is 17.3 Å². The highest BCUT2D eigenvalue weighted by atomic mass is 16.5. The number of hydrogen-bond acceptors (Lipinski definition) is 4.